The third-order valence-corrected chi connectivity index (χ3v) is 6.06. The van der Waals surface area contributed by atoms with Crippen molar-refractivity contribution in [2.75, 3.05) is 7.05 Å². The van der Waals surface area contributed by atoms with Gasteiger partial charge in [-0.15, -0.1) is 0 Å². The first kappa shape index (κ1) is 20.8. The molecule has 1 aromatic heterocycles. The summed E-state index contributed by atoms with van der Waals surface area (Å²) in [6, 6.07) is 19.6. The van der Waals surface area contributed by atoms with Crippen molar-refractivity contribution < 1.29 is 14.4 Å². The first-order valence-electron chi connectivity index (χ1n) is 9.85. The molecule has 0 aliphatic carbocycles. The summed E-state index contributed by atoms with van der Waals surface area (Å²) in [4.78, 5) is 41.3. The largest absolute Gasteiger partial charge is 0.337 e. The van der Waals surface area contributed by atoms with Crippen LogP contribution < -0.4 is 5.32 Å². The average Bonchev–Trinajstić information content (AvgIpc) is 3.11. The SMILES string of the molecule is CN(Cc1cccc(-c2ccc(CC3SC(=O)NC3=O)cc2)c1)C(=O)c1cccnc1. The molecule has 1 N–H and O–H groups in total. The molecule has 1 atom stereocenters. The third-order valence-electron chi connectivity index (χ3n) is 5.08. The maximum Gasteiger partial charge on any atom is 0.286 e. The number of carbonyl (C=O) groups is 3. The standard InChI is InChI=1S/C24H21N3O3S/c1-27(23(29)20-6-3-11-25-14-20)15-17-4-2-5-19(12-17)18-9-7-16(8-10-18)13-21-22(28)26-24(30)31-21/h2-12,14,21H,13,15H2,1H3,(H,26,28,30). The number of hydrogen-bond acceptors (Lipinski definition) is 5. The van der Waals surface area contributed by atoms with Crippen LogP contribution in [0.1, 0.15) is 21.5 Å². The van der Waals surface area contributed by atoms with E-state index >= 15 is 0 Å². The molecule has 1 unspecified atom stereocenters. The van der Waals surface area contributed by atoms with E-state index in [9.17, 15) is 14.4 Å². The van der Waals surface area contributed by atoms with Gasteiger partial charge >= 0.3 is 0 Å². The summed E-state index contributed by atoms with van der Waals surface area (Å²) in [6.07, 6.45) is 3.73. The van der Waals surface area contributed by atoms with Gasteiger partial charge in [-0.2, -0.15) is 0 Å². The Morgan fingerprint density at radius 1 is 1.03 bits per heavy atom. The molecule has 31 heavy (non-hydrogen) atoms. The number of rotatable bonds is 6. The highest BCUT2D eigenvalue weighted by molar-refractivity contribution is 8.15. The van der Waals surface area contributed by atoms with E-state index in [1.165, 1.54) is 0 Å². The van der Waals surface area contributed by atoms with E-state index in [-0.39, 0.29) is 22.3 Å². The fourth-order valence-electron chi connectivity index (χ4n) is 3.48. The van der Waals surface area contributed by atoms with Gasteiger partial charge in [0.15, 0.2) is 0 Å². The van der Waals surface area contributed by atoms with E-state index in [0.717, 1.165) is 34.0 Å². The van der Waals surface area contributed by atoms with Crippen molar-refractivity contribution in [1.29, 1.82) is 0 Å². The van der Waals surface area contributed by atoms with Gasteiger partial charge in [0.2, 0.25) is 5.91 Å². The van der Waals surface area contributed by atoms with Crippen LogP contribution in [-0.2, 0) is 17.8 Å². The molecule has 156 valence electrons. The highest BCUT2D eigenvalue weighted by Crippen LogP contribution is 2.25. The Hall–Kier alpha value is -3.45. The first-order valence-corrected chi connectivity index (χ1v) is 10.7. The van der Waals surface area contributed by atoms with E-state index in [1.54, 1.807) is 36.5 Å². The average molecular weight is 432 g/mol. The summed E-state index contributed by atoms with van der Waals surface area (Å²) in [7, 11) is 1.78. The Balaban J connectivity index is 1.43. The van der Waals surface area contributed by atoms with Gasteiger partial charge in [0.1, 0.15) is 0 Å². The summed E-state index contributed by atoms with van der Waals surface area (Å²) in [5.41, 5.74) is 4.69. The highest BCUT2D eigenvalue weighted by Gasteiger charge is 2.31. The van der Waals surface area contributed by atoms with Gasteiger partial charge in [0, 0.05) is 26.0 Å². The Morgan fingerprint density at radius 2 is 1.84 bits per heavy atom. The third kappa shape index (κ3) is 5.00. The molecule has 0 spiro atoms. The smallest absolute Gasteiger partial charge is 0.286 e. The van der Waals surface area contributed by atoms with E-state index in [0.29, 0.717) is 18.5 Å². The first-order chi connectivity index (χ1) is 15.0. The number of pyridine rings is 1. The molecule has 0 saturated carbocycles. The number of amides is 3. The van der Waals surface area contributed by atoms with Crippen molar-refractivity contribution in [3.63, 3.8) is 0 Å². The molecule has 1 saturated heterocycles. The lowest BCUT2D eigenvalue weighted by Crippen LogP contribution is -2.26. The number of thioether (sulfide) groups is 1. The van der Waals surface area contributed by atoms with Crippen molar-refractivity contribution in [2.24, 2.45) is 0 Å². The number of aromatic nitrogens is 1. The topological polar surface area (TPSA) is 79.4 Å². The van der Waals surface area contributed by atoms with Crippen molar-refractivity contribution in [1.82, 2.24) is 15.2 Å². The summed E-state index contributed by atoms with van der Waals surface area (Å²) >= 11 is 1.04. The lowest BCUT2D eigenvalue weighted by atomic mass is 10.00. The van der Waals surface area contributed by atoms with Crippen molar-refractivity contribution in [2.45, 2.75) is 18.2 Å². The predicted octanol–water partition coefficient (Wildman–Crippen LogP) is 3.91. The molecule has 4 rings (SSSR count). The monoisotopic (exact) mass is 431 g/mol. The minimum Gasteiger partial charge on any atom is -0.337 e. The number of imide groups is 1. The summed E-state index contributed by atoms with van der Waals surface area (Å²) in [5, 5.41) is 1.67. The molecule has 3 amide bonds. The van der Waals surface area contributed by atoms with Crippen LogP contribution in [0.4, 0.5) is 4.79 Å². The minimum absolute atomic E-state index is 0.0739. The molecule has 2 heterocycles. The lowest BCUT2D eigenvalue weighted by molar-refractivity contribution is -0.118. The van der Waals surface area contributed by atoms with Crippen LogP contribution in [0.5, 0.6) is 0 Å². The van der Waals surface area contributed by atoms with Crippen LogP contribution in [0.2, 0.25) is 0 Å². The fourth-order valence-corrected chi connectivity index (χ4v) is 4.34. The number of hydrogen-bond donors (Lipinski definition) is 1. The molecule has 7 heteroatoms. The molecular formula is C24H21N3O3S. The van der Waals surface area contributed by atoms with E-state index < -0.39 is 0 Å². The molecule has 1 aliphatic heterocycles. The second kappa shape index (κ2) is 9.14. The number of benzene rings is 2. The van der Waals surface area contributed by atoms with Gasteiger partial charge in [0.25, 0.3) is 11.1 Å². The Labute approximate surface area is 184 Å². The van der Waals surface area contributed by atoms with Gasteiger partial charge in [-0.25, -0.2) is 0 Å². The second-order valence-corrected chi connectivity index (χ2v) is 8.56. The van der Waals surface area contributed by atoms with Gasteiger partial charge in [0.05, 0.1) is 10.8 Å². The normalized spacial score (nSPS) is 15.6. The van der Waals surface area contributed by atoms with Gasteiger partial charge in [-0.3, -0.25) is 24.7 Å². The number of nitrogens with one attached hydrogen (secondary N) is 1. The molecule has 6 nitrogen and oxygen atoms in total. The van der Waals surface area contributed by atoms with E-state index in [1.807, 2.05) is 42.5 Å². The summed E-state index contributed by atoms with van der Waals surface area (Å²) in [5.74, 6) is -0.299. The Kier molecular flexibility index (Phi) is 6.13. The van der Waals surface area contributed by atoms with Crippen molar-refractivity contribution in [3.05, 3.63) is 89.7 Å². The highest BCUT2D eigenvalue weighted by atomic mass is 32.2. The van der Waals surface area contributed by atoms with Crippen LogP contribution in [0.15, 0.2) is 73.1 Å². The Bertz CT molecular complexity index is 1120. The van der Waals surface area contributed by atoms with Crippen LogP contribution in [0.25, 0.3) is 11.1 Å². The van der Waals surface area contributed by atoms with Gasteiger partial charge in [-0.1, -0.05) is 54.2 Å². The quantitative estimate of drug-likeness (QED) is 0.640. The molecule has 3 aromatic rings. The van der Waals surface area contributed by atoms with Crippen LogP contribution in [-0.4, -0.2) is 39.2 Å². The van der Waals surface area contributed by atoms with Crippen molar-refractivity contribution >= 4 is 28.8 Å². The fraction of sp³-hybridized carbons (Fsp3) is 0.167. The van der Waals surface area contributed by atoms with E-state index in [4.69, 9.17) is 0 Å². The number of carbonyl (C=O) groups excluding carboxylic acids is 3. The zero-order chi connectivity index (χ0) is 21.8. The molecular weight excluding hydrogens is 410 g/mol. The maximum atomic E-state index is 12.6. The second-order valence-electron chi connectivity index (χ2n) is 7.39. The summed E-state index contributed by atoms with van der Waals surface area (Å²) < 4.78 is 0. The molecule has 1 aliphatic rings. The minimum atomic E-state index is -0.366. The Morgan fingerprint density at radius 3 is 2.52 bits per heavy atom. The molecule has 0 radical (unpaired) electrons. The lowest BCUT2D eigenvalue weighted by Gasteiger charge is -2.17. The summed E-state index contributed by atoms with van der Waals surface area (Å²) in [6.45, 7) is 0.488. The zero-order valence-electron chi connectivity index (χ0n) is 16.9. The van der Waals surface area contributed by atoms with Crippen LogP contribution in [0, 0.1) is 0 Å². The number of nitrogens with zero attached hydrogens (tertiary/aromatic N) is 2. The van der Waals surface area contributed by atoms with Gasteiger partial charge < -0.3 is 4.90 Å². The van der Waals surface area contributed by atoms with Crippen LogP contribution in [0.3, 0.4) is 0 Å². The van der Waals surface area contributed by atoms with Crippen molar-refractivity contribution in [3.8, 4) is 11.1 Å². The molecule has 2 aromatic carbocycles. The van der Waals surface area contributed by atoms with E-state index in [2.05, 4.69) is 16.4 Å². The van der Waals surface area contributed by atoms with Crippen LogP contribution >= 0.6 is 11.8 Å². The molecule has 0 bridgehead atoms. The molecule has 1 fully saturated rings. The maximum absolute atomic E-state index is 12.6. The zero-order valence-corrected chi connectivity index (χ0v) is 17.8. The van der Waals surface area contributed by atoms with Gasteiger partial charge in [-0.05, 0) is 46.9 Å². The predicted molar refractivity (Wildman–Crippen MR) is 121 cm³/mol.